The number of carbonyl (C=O) groups excluding carboxylic acids is 1. The summed E-state index contributed by atoms with van der Waals surface area (Å²) >= 11 is 0. The largest absolute Gasteiger partial charge is 0.453 e. The van der Waals surface area contributed by atoms with Crippen LogP contribution in [0.15, 0.2) is 18.5 Å². The number of carbonyl (C=O) groups is 1. The van der Waals surface area contributed by atoms with E-state index >= 15 is 0 Å². The molecule has 1 saturated heterocycles. The third-order valence-corrected chi connectivity index (χ3v) is 3.14. The van der Waals surface area contributed by atoms with Crippen LogP contribution in [0.25, 0.3) is 0 Å². The Balaban J connectivity index is 2.02. The molecule has 1 amide bonds. The van der Waals surface area contributed by atoms with Crippen LogP contribution in [0.5, 0.6) is 0 Å². The van der Waals surface area contributed by atoms with Crippen molar-refractivity contribution in [2.45, 2.75) is 19.0 Å². The Morgan fingerprint density at radius 1 is 1.72 bits per heavy atom. The van der Waals surface area contributed by atoms with Crippen molar-refractivity contribution in [1.29, 1.82) is 0 Å². The van der Waals surface area contributed by atoms with E-state index in [1.54, 1.807) is 6.20 Å². The molecule has 18 heavy (non-hydrogen) atoms. The van der Waals surface area contributed by atoms with Crippen LogP contribution in [0.1, 0.15) is 12.0 Å². The number of pyridine rings is 1. The van der Waals surface area contributed by atoms with E-state index in [-0.39, 0.29) is 12.1 Å². The van der Waals surface area contributed by atoms with E-state index in [1.807, 2.05) is 12.3 Å². The van der Waals surface area contributed by atoms with Crippen LogP contribution in [-0.2, 0) is 11.3 Å². The molecule has 0 aliphatic carbocycles. The Bertz CT molecular complexity index is 424. The van der Waals surface area contributed by atoms with Crippen LogP contribution in [0.2, 0.25) is 0 Å². The standard InChI is InChI=1S/C12H18N4O2/c1-18-12(17)15-10-3-5-16(8-10)11-7-14-4-2-9(11)6-13/h2,4,7,10H,3,5-6,8,13H2,1H3,(H,15,17). The lowest BCUT2D eigenvalue weighted by Gasteiger charge is -2.21. The van der Waals surface area contributed by atoms with E-state index in [4.69, 9.17) is 5.73 Å². The molecule has 1 atom stereocenters. The van der Waals surface area contributed by atoms with Crippen LogP contribution in [-0.4, -0.2) is 37.3 Å². The highest BCUT2D eigenvalue weighted by Crippen LogP contribution is 2.23. The van der Waals surface area contributed by atoms with E-state index in [0.29, 0.717) is 6.54 Å². The predicted octanol–water partition coefficient (Wildman–Crippen LogP) is 0.475. The third-order valence-electron chi connectivity index (χ3n) is 3.14. The molecular formula is C12H18N4O2. The monoisotopic (exact) mass is 250 g/mol. The van der Waals surface area contributed by atoms with Gasteiger partial charge in [-0.05, 0) is 18.1 Å². The van der Waals surface area contributed by atoms with Gasteiger partial charge < -0.3 is 20.7 Å². The molecule has 0 spiro atoms. The smallest absolute Gasteiger partial charge is 0.407 e. The fourth-order valence-electron chi connectivity index (χ4n) is 2.19. The summed E-state index contributed by atoms with van der Waals surface area (Å²) in [5.74, 6) is 0. The Hall–Kier alpha value is -1.82. The first-order valence-electron chi connectivity index (χ1n) is 5.97. The van der Waals surface area contributed by atoms with Crippen molar-refractivity contribution in [3.05, 3.63) is 24.0 Å². The normalized spacial score (nSPS) is 18.8. The second-order valence-electron chi connectivity index (χ2n) is 4.28. The highest BCUT2D eigenvalue weighted by atomic mass is 16.5. The maximum atomic E-state index is 11.1. The Labute approximate surface area is 106 Å². The molecule has 1 unspecified atom stereocenters. The van der Waals surface area contributed by atoms with Crippen molar-refractivity contribution in [1.82, 2.24) is 10.3 Å². The zero-order valence-corrected chi connectivity index (χ0v) is 10.4. The lowest BCUT2D eigenvalue weighted by Crippen LogP contribution is -2.37. The van der Waals surface area contributed by atoms with Crippen molar-refractivity contribution >= 4 is 11.8 Å². The van der Waals surface area contributed by atoms with Crippen LogP contribution in [0.4, 0.5) is 10.5 Å². The molecule has 6 heteroatoms. The number of methoxy groups -OCH3 is 1. The summed E-state index contributed by atoms with van der Waals surface area (Å²) in [4.78, 5) is 17.5. The number of aromatic nitrogens is 1. The minimum absolute atomic E-state index is 0.114. The number of rotatable bonds is 3. The topological polar surface area (TPSA) is 80.5 Å². The van der Waals surface area contributed by atoms with Gasteiger partial charge >= 0.3 is 6.09 Å². The molecule has 1 fully saturated rings. The summed E-state index contributed by atoms with van der Waals surface area (Å²) in [5.41, 5.74) is 7.83. The first-order chi connectivity index (χ1) is 8.74. The average molecular weight is 250 g/mol. The van der Waals surface area contributed by atoms with Gasteiger partial charge in [0.05, 0.1) is 25.0 Å². The summed E-state index contributed by atoms with van der Waals surface area (Å²) in [6, 6.07) is 2.04. The zero-order chi connectivity index (χ0) is 13.0. The van der Waals surface area contributed by atoms with Crippen LogP contribution >= 0.6 is 0 Å². The maximum absolute atomic E-state index is 11.1. The molecule has 1 aromatic heterocycles. The SMILES string of the molecule is COC(=O)NC1CCN(c2cnccc2CN)C1. The van der Waals surface area contributed by atoms with Crippen LogP contribution in [0.3, 0.4) is 0 Å². The van der Waals surface area contributed by atoms with Gasteiger partial charge in [0.15, 0.2) is 0 Å². The Morgan fingerprint density at radius 2 is 2.56 bits per heavy atom. The van der Waals surface area contributed by atoms with Crippen LogP contribution < -0.4 is 16.0 Å². The Kier molecular flexibility index (Phi) is 3.99. The number of hydrogen-bond donors (Lipinski definition) is 2. The molecule has 1 aliphatic heterocycles. The molecule has 6 nitrogen and oxygen atoms in total. The maximum Gasteiger partial charge on any atom is 0.407 e. The summed E-state index contributed by atoms with van der Waals surface area (Å²) < 4.78 is 4.60. The number of nitrogens with two attached hydrogens (primary N) is 1. The summed E-state index contributed by atoms with van der Waals surface area (Å²) in [5, 5.41) is 2.81. The van der Waals surface area contributed by atoms with Crippen molar-refractivity contribution in [2.24, 2.45) is 5.73 Å². The quantitative estimate of drug-likeness (QED) is 0.815. The first-order valence-corrected chi connectivity index (χ1v) is 5.97. The molecule has 0 aromatic carbocycles. The van der Waals surface area contributed by atoms with E-state index < -0.39 is 0 Å². The molecule has 3 N–H and O–H groups in total. The van der Waals surface area contributed by atoms with Gasteiger partial charge in [0.25, 0.3) is 0 Å². The van der Waals surface area contributed by atoms with E-state index in [0.717, 1.165) is 30.8 Å². The number of hydrogen-bond acceptors (Lipinski definition) is 5. The van der Waals surface area contributed by atoms with Gasteiger partial charge in [0.1, 0.15) is 0 Å². The van der Waals surface area contributed by atoms with Crippen molar-refractivity contribution in [3.63, 3.8) is 0 Å². The number of alkyl carbamates (subject to hydrolysis) is 1. The lowest BCUT2D eigenvalue weighted by atomic mass is 10.2. The molecule has 0 radical (unpaired) electrons. The van der Waals surface area contributed by atoms with Crippen molar-refractivity contribution in [3.8, 4) is 0 Å². The molecule has 1 aromatic rings. The summed E-state index contributed by atoms with van der Waals surface area (Å²) in [6.45, 7) is 2.13. The van der Waals surface area contributed by atoms with Gasteiger partial charge in [-0.1, -0.05) is 0 Å². The molecule has 2 rings (SSSR count). The summed E-state index contributed by atoms with van der Waals surface area (Å²) in [7, 11) is 1.37. The number of anilines is 1. The molecule has 98 valence electrons. The number of ether oxygens (including phenoxy) is 1. The minimum atomic E-state index is -0.382. The van der Waals surface area contributed by atoms with Gasteiger partial charge in [-0.2, -0.15) is 0 Å². The zero-order valence-electron chi connectivity index (χ0n) is 10.4. The predicted molar refractivity (Wildman–Crippen MR) is 68.3 cm³/mol. The molecule has 1 aliphatic rings. The summed E-state index contributed by atoms with van der Waals surface area (Å²) in [6.07, 6.45) is 4.08. The minimum Gasteiger partial charge on any atom is -0.453 e. The second kappa shape index (κ2) is 5.68. The number of nitrogens with one attached hydrogen (secondary N) is 1. The second-order valence-corrected chi connectivity index (χ2v) is 4.28. The average Bonchev–Trinajstić information content (AvgIpc) is 2.86. The molecule has 0 bridgehead atoms. The Morgan fingerprint density at radius 3 is 3.28 bits per heavy atom. The fraction of sp³-hybridized carbons (Fsp3) is 0.500. The van der Waals surface area contributed by atoms with Gasteiger partial charge in [0, 0.05) is 25.8 Å². The fourth-order valence-corrected chi connectivity index (χ4v) is 2.19. The highest BCUT2D eigenvalue weighted by molar-refractivity contribution is 5.67. The molecular weight excluding hydrogens is 232 g/mol. The van der Waals surface area contributed by atoms with Crippen molar-refractivity contribution in [2.75, 3.05) is 25.1 Å². The van der Waals surface area contributed by atoms with E-state index in [9.17, 15) is 4.79 Å². The van der Waals surface area contributed by atoms with Gasteiger partial charge in [-0.3, -0.25) is 4.98 Å². The highest BCUT2D eigenvalue weighted by Gasteiger charge is 2.25. The van der Waals surface area contributed by atoms with Gasteiger partial charge in [0.2, 0.25) is 0 Å². The van der Waals surface area contributed by atoms with Crippen LogP contribution in [0, 0.1) is 0 Å². The lowest BCUT2D eigenvalue weighted by molar-refractivity contribution is 0.167. The van der Waals surface area contributed by atoms with E-state index in [2.05, 4.69) is 19.9 Å². The van der Waals surface area contributed by atoms with Crippen molar-refractivity contribution < 1.29 is 9.53 Å². The number of nitrogens with zero attached hydrogens (tertiary/aromatic N) is 2. The third kappa shape index (κ3) is 2.70. The number of amides is 1. The molecule has 2 heterocycles. The first kappa shape index (κ1) is 12.6. The van der Waals surface area contributed by atoms with Gasteiger partial charge in [-0.25, -0.2) is 4.79 Å². The molecule has 0 saturated carbocycles. The van der Waals surface area contributed by atoms with E-state index in [1.165, 1.54) is 7.11 Å². The van der Waals surface area contributed by atoms with Gasteiger partial charge in [-0.15, -0.1) is 0 Å².